The normalized spacial score (nSPS) is 10.7. The summed E-state index contributed by atoms with van der Waals surface area (Å²) < 4.78 is 10.7. The summed E-state index contributed by atoms with van der Waals surface area (Å²) in [5, 5.41) is 5.43. The van der Waals surface area contributed by atoms with Gasteiger partial charge in [-0.3, -0.25) is 10.1 Å². The van der Waals surface area contributed by atoms with Gasteiger partial charge in [0.15, 0.2) is 16.6 Å². The van der Waals surface area contributed by atoms with Crippen molar-refractivity contribution in [1.29, 1.82) is 0 Å². The summed E-state index contributed by atoms with van der Waals surface area (Å²) in [7, 11) is 1.53. The lowest BCUT2D eigenvalue weighted by Gasteiger charge is -2.11. The van der Waals surface area contributed by atoms with Gasteiger partial charge in [0.25, 0.3) is 0 Å². The molecule has 2 rings (SSSR count). The molecule has 0 unspecified atom stereocenters. The number of nitrogens with zero attached hydrogens (tertiary/aromatic N) is 1. The standard InChI is InChI=1S/C15H15ClN2O3S/c1-3-21-12-9-10(8-11(16)14(12)20-2)4-5-13(19)18-15-17-6-7-22-15/h4-9H,3H2,1-2H3,(H,17,18,19). The van der Waals surface area contributed by atoms with Crippen LogP contribution < -0.4 is 14.8 Å². The first-order valence-electron chi connectivity index (χ1n) is 6.53. The molecular formula is C15H15ClN2O3S. The van der Waals surface area contributed by atoms with Crippen LogP contribution >= 0.6 is 22.9 Å². The predicted octanol–water partition coefficient (Wildman–Crippen LogP) is 3.86. The van der Waals surface area contributed by atoms with Crippen molar-refractivity contribution >= 4 is 40.1 Å². The van der Waals surface area contributed by atoms with Crippen LogP contribution in [0.2, 0.25) is 5.02 Å². The smallest absolute Gasteiger partial charge is 0.250 e. The lowest BCUT2D eigenvalue weighted by atomic mass is 10.2. The van der Waals surface area contributed by atoms with Crippen molar-refractivity contribution in [3.8, 4) is 11.5 Å². The topological polar surface area (TPSA) is 60.5 Å². The third-order valence-electron chi connectivity index (χ3n) is 2.63. The van der Waals surface area contributed by atoms with E-state index in [0.717, 1.165) is 5.56 Å². The van der Waals surface area contributed by atoms with E-state index in [0.29, 0.717) is 28.3 Å². The molecule has 116 valence electrons. The Morgan fingerprint density at radius 1 is 1.50 bits per heavy atom. The average Bonchev–Trinajstić information content (AvgIpc) is 2.98. The minimum Gasteiger partial charge on any atom is -0.491 e. The van der Waals surface area contributed by atoms with E-state index in [4.69, 9.17) is 21.1 Å². The molecular weight excluding hydrogens is 324 g/mol. The fourth-order valence-electron chi connectivity index (χ4n) is 1.75. The summed E-state index contributed by atoms with van der Waals surface area (Å²) in [6, 6.07) is 3.47. The number of halogens is 1. The summed E-state index contributed by atoms with van der Waals surface area (Å²) in [5.41, 5.74) is 0.739. The number of hydrogen-bond acceptors (Lipinski definition) is 5. The van der Waals surface area contributed by atoms with Crippen molar-refractivity contribution in [3.05, 3.63) is 40.4 Å². The molecule has 7 heteroatoms. The number of aromatic nitrogens is 1. The van der Waals surface area contributed by atoms with Crippen LogP contribution in [-0.2, 0) is 4.79 Å². The third-order valence-corrected chi connectivity index (χ3v) is 3.59. The number of amides is 1. The fourth-order valence-corrected chi connectivity index (χ4v) is 2.58. The average molecular weight is 339 g/mol. The summed E-state index contributed by atoms with van der Waals surface area (Å²) >= 11 is 7.51. The molecule has 1 aromatic heterocycles. The van der Waals surface area contributed by atoms with Gasteiger partial charge in [0, 0.05) is 17.7 Å². The Kier molecular flexibility index (Phi) is 5.80. The van der Waals surface area contributed by atoms with E-state index in [-0.39, 0.29) is 5.91 Å². The first-order chi connectivity index (χ1) is 10.6. The molecule has 0 aliphatic carbocycles. The summed E-state index contributed by atoms with van der Waals surface area (Å²) in [4.78, 5) is 15.8. The van der Waals surface area contributed by atoms with Crippen molar-refractivity contribution in [3.63, 3.8) is 0 Å². The van der Waals surface area contributed by atoms with Gasteiger partial charge in [-0.15, -0.1) is 11.3 Å². The van der Waals surface area contributed by atoms with E-state index in [1.165, 1.54) is 24.5 Å². The molecule has 1 heterocycles. The number of thiazole rings is 1. The van der Waals surface area contributed by atoms with Gasteiger partial charge in [-0.05, 0) is 30.7 Å². The molecule has 0 fully saturated rings. The molecule has 5 nitrogen and oxygen atoms in total. The van der Waals surface area contributed by atoms with Crippen LogP contribution in [0.5, 0.6) is 11.5 Å². The molecule has 0 saturated carbocycles. The van der Waals surface area contributed by atoms with Gasteiger partial charge >= 0.3 is 0 Å². The lowest BCUT2D eigenvalue weighted by Crippen LogP contribution is -2.07. The van der Waals surface area contributed by atoms with E-state index in [1.54, 1.807) is 29.8 Å². The number of carbonyl (C=O) groups excluding carboxylic acids is 1. The van der Waals surface area contributed by atoms with E-state index in [9.17, 15) is 4.79 Å². The maximum Gasteiger partial charge on any atom is 0.250 e. The Labute approximate surface area is 137 Å². The number of anilines is 1. The SMILES string of the molecule is CCOc1cc(C=CC(=O)Nc2nccs2)cc(Cl)c1OC. The zero-order valence-corrected chi connectivity index (χ0v) is 13.7. The maximum atomic E-state index is 11.8. The fraction of sp³-hybridized carbons (Fsp3) is 0.200. The molecule has 0 aliphatic heterocycles. The molecule has 0 aliphatic rings. The molecule has 1 amide bonds. The van der Waals surface area contributed by atoms with Crippen LogP contribution in [0, 0.1) is 0 Å². The summed E-state index contributed by atoms with van der Waals surface area (Å²) in [6.45, 7) is 2.36. The molecule has 0 saturated heterocycles. The number of benzene rings is 1. The molecule has 0 spiro atoms. The monoisotopic (exact) mass is 338 g/mol. The molecule has 0 bridgehead atoms. The number of ether oxygens (including phenoxy) is 2. The van der Waals surface area contributed by atoms with Crippen LogP contribution in [0.4, 0.5) is 5.13 Å². The number of rotatable bonds is 6. The van der Waals surface area contributed by atoms with E-state index >= 15 is 0 Å². The number of carbonyl (C=O) groups is 1. The molecule has 1 N–H and O–H groups in total. The third kappa shape index (κ3) is 4.22. The molecule has 22 heavy (non-hydrogen) atoms. The van der Waals surface area contributed by atoms with Gasteiger partial charge in [-0.2, -0.15) is 0 Å². The van der Waals surface area contributed by atoms with Gasteiger partial charge in [-0.25, -0.2) is 4.98 Å². The predicted molar refractivity (Wildman–Crippen MR) is 89.0 cm³/mol. The first-order valence-corrected chi connectivity index (χ1v) is 7.78. The quantitative estimate of drug-likeness (QED) is 0.812. The Morgan fingerprint density at radius 3 is 2.95 bits per heavy atom. The number of nitrogens with one attached hydrogen (secondary N) is 1. The Morgan fingerprint density at radius 2 is 2.32 bits per heavy atom. The highest BCUT2D eigenvalue weighted by molar-refractivity contribution is 7.13. The van der Waals surface area contributed by atoms with Gasteiger partial charge in [0.1, 0.15) is 0 Å². The van der Waals surface area contributed by atoms with E-state index in [2.05, 4.69) is 10.3 Å². The van der Waals surface area contributed by atoms with Gasteiger partial charge in [0.2, 0.25) is 5.91 Å². The maximum absolute atomic E-state index is 11.8. The minimum atomic E-state index is -0.264. The van der Waals surface area contributed by atoms with Gasteiger partial charge in [0.05, 0.1) is 18.7 Å². The van der Waals surface area contributed by atoms with E-state index < -0.39 is 0 Å². The highest BCUT2D eigenvalue weighted by atomic mass is 35.5. The second-order valence-electron chi connectivity index (χ2n) is 4.13. The first kappa shape index (κ1) is 16.3. The van der Waals surface area contributed by atoms with Crippen molar-refractivity contribution in [2.45, 2.75) is 6.92 Å². The highest BCUT2D eigenvalue weighted by Gasteiger charge is 2.10. The Hall–Kier alpha value is -2.05. The van der Waals surface area contributed by atoms with Crippen LogP contribution in [0.15, 0.2) is 29.8 Å². The minimum absolute atomic E-state index is 0.264. The number of methoxy groups -OCH3 is 1. The number of hydrogen-bond donors (Lipinski definition) is 1. The molecule has 2 aromatic rings. The zero-order valence-electron chi connectivity index (χ0n) is 12.1. The zero-order chi connectivity index (χ0) is 15.9. The Balaban J connectivity index is 2.14. The molecule has 1 aromatic carbocycles. The van der Waals surface area contributed by atoms with Crippen LogP contribution in [0.25, 0.3) is 6.08 Å². The van der Waals surface area contributed by atoms with Crippen LogP contribution in [0.1, 0.15) is 12.5 Å². The lowest BCUT2D eigenvalue weighted by molar-refractivity contribution is -0.111. The van der Waals surface area contributed by atoms with Crippen molar-refractivity contribution in [2.24, 2.45) is 0 Å². The summed E-state index contributed by atoms with van der Waals surface area (Å²) in [5.74, 6) is 0.755. The van der Waals surface area contributed by atoms with Gasteiger partial charge in [-0.1, -0.05) is 11.6 Å². The molecule has 0 radical (unpaired) electrons. The van der Waals surface area contributed by atoms with Crippen molar-refractivity contribution in [1.82, 2.24) is 4.98 Å². The Bertz CT molecular complexity index is 672. The highest BCUT2D eigenvalue weighted by Crippen LogP contribution is 2.36. The van der Waals surface area contributed by atoms with Gasteiger partial charge < -0.3 is 9.47 Å². The second kappa shape index (κ2) is 7.82. The summed E-state index contributed by atoms with van der Waals surface area (Å²) in [6.07, 6.45) is 4.69. The van der Waals surface area contributed by atoms with Crippen LogP contribution in [0.3, 0.4) is 0 Å². The second-order valence-corrected chi connectivity index (χ2v) is 5.43. The van der Waals surface area contributed by atoms with E-state index in [1.807, 2.05) is 6.92 Å². The van der Waals surface area contributed by atoms with Crippen molar-refractivity contribution < 1.29 is 14.3 Å². The van der Waals surface area contributed by atoms with Crippen LogP contribution in [-0.4, -0.2) is 24.6 Å². The van der Waals surface area contributed by atoms with Crippen molar-refractivity contribution in [2.75, 3.05) is 19.0 Å². The molecule has 0 atom stereocenters. The largest absolute Gasteiger partial charge is 0.491 e.